The van der Waals surface area contributed by atoms with E-state index in [1.165, 1.54) is 12.2 Å². The van der Waals surface area contributed by atoms with Gasteiger partial charge in [-0.1, -0.05) is 13.8 Å². The van der Waals surface area contributed by atoms with Crippen molar-refractivity contribution in [3.05, 3.63) is 0 Å². The highest BCUT2D eigenvalue weighted by atomic mass is 32.2. The number of hydrogen-bond acceptors (Lipinski definition) is 3. The fraction of sp³-hybridized carbons (Fsp3) is 1.00. The average Bonchev–Trinajstić information content (AvgIpc) is 2.25. The van der Waals surface area contributed by atoms with Gasteiger partial charge < -0.3 is 10.4 Å². The molecule has 2 rings (SSSR count). The van der Waals surface area contributed by atoms with Gasteiger partial charge in [0.1, 0.15) is 0 Å². The lowest BCUT2D eigenvalue weighted by atomic mass is 9.74. The van der Waals surface area contributed by atoms with E-state index in [1.54, 1.807) is 0 Å². The summed E-state index contributed by atoms with van der Waals surface area (Å²) in [4.78, 5) is 0. The second-order valence-electron chi connectivity index (χ2n) is 4.50. The van der Waals surface area contributed by atoms with Crippen LogP contribution >= 0.6 is 11.8 Å². The van der Waals surface area contributed by atoms with E-state index in [1.807, 2.05) is 11.8 Å². The number of nitrogens with one attached hydrogen (secondary N) is 1. The summed E-state index contributed by atoms with van der Waals surface area (Å²) in [5, 5.41) is 13.3. The van der Waals surface area contributed by atoms with Crippen molar-refractivity contribution in [2.75, 3.05) is 18.8 Å². The van der Waals surface area contributed by atoms with Gasteiger partial charge in [-0.25, -0.2) is 0 Å². The van der Waals surface area contributed by atoms with Crippen LogP contribution in [0.4, 0.5) is 0 Å². The summed E-state index contributed by atoms with van der Waals surface area (Å²) in [6.45, 7) is 6.10. The highest BCUT2D eigenvalue weighted by Crippen LogP contribution is 2.48. The van der Waals surface area contributed by atoms with Gasteiger partial charge in [-0.05, 0) is 12.2 Å². The predicted molar refractivity (Wildman–Crippen MR) is 52.5 cm³/mol. The molecule has 2 nitrogen and oxygen atoms in total. The van der Waals surface area contributed by atoms with Crippen molar-refractivity contribution in [1.29, 1.82) is 0 Å². The van der Waals surface area contributed by atoms with Gasteiger partial charge in [-0.15, -0.1) is 0 Å². The van der Waals surface area contributed by atoms with Gasteiger partial charge in [-0.2, -0.15) is 11.8 Å². The largest absolute Gasteiger partial charge is 0.387 e. The highest BCUT2D eigenvalue weighted by Gasteiger charge is 2.51. The Morgan fingerprint density at radius 3 is 2.42 bits per heavy atom. The molecule has 3 heteroatoms. The van der Waals surface area contributed by atoms with Crippen LogP contribution in [0.2, 0.25) is 0 Å². The van der Waals surface area contributed by atoms with Gasteiger partial charge in [-0.3, -0.25) is 0 Å². The summed E-state index contributed by atoms with van der Waals surface area (Å²) in [7, 11) is 0. The molecule has 0 bridgehead atoms. The minimum absolute atomic E-state index is 0.275. The van der Waals surface area contributed by atoms with E-state index in [2.05, 4.69) is 19.2 Å². The van der Waals surface area contributed by atoms with Crippen molar-refractivity contribution in [2.24, 2.45) is 5.92 Å². The van der Waals surface area contributed by atoms with Gasteiger partial charge >= 0.3 is 0 Å². The van der Waals surface area contributed by atoms with Crippen LogP contribution in [0, 0.1) is 5.92 Å². The second kappa shape index (κ2) is 2.63. The summed E-state index contributed by atoms with van der Waals surface area (Å²) in [6.07, 6.45) is 1.18. The fourth-order valence-corrected chi connectivity index (χ4v) is 3.85. The van der Waals surface area contributed by atoms with Gasteiger partial charge in [0, 0.05) is 23.8 Å². The monoisotopic (exact) mass is 187 g/mol. The van der Waals surface area contributed by atoms with Gasteiger partial charge in [0.25, 0.3) is 0 Å². The zero-order valence-electron chi connectivity index (χ0n) is 7.76. The minimum Gasteiger partial charge on any atom is -0.387 e. The predicted octanol–water partition coefficient (Wildman–Crippen LogP) is 0.852. The molecule has 2 aliphatic rings. The Bertz CT molecular complexity index is 189. The molecule has 70 valence electrons. The maximum atomic E-state index is 10.2. The Morgan fingerprint density at radius 2 is 2.08 bits per heavy atom. The quantitative estimate of drug-likeness (QED) is 0.638. The van der Waals surface area contributed by atoms with E-state index in [-0.39, 0.29) is 4.75 Å². The molecule has 12 heavy (non-hydrogen) atoms. The first-order valence-electron chi connectivity index (χ1n) is 4.62. The highest BCUT2D eigenvalue weighted by molar-refractivity contribution is 8.00. The topological polar surface area (TPSA) is 32.3 Å². The van der Waals surface area contributed by atoms with Crippen LogP contribution in [0.5, 0.6) is 0 Å². The second-order valence-corrected chi connectivity index (χ2v) is 6.25. The van der Waals surface area contributed by atoms with Gasteiger partial charge in [0.05, 0.1) is 5.60 Å². The standard InChI is InChI=1S/C9H17NOS/c1-8(2)7(3-4-12-8)9(11)5-10-6-9/h7,10-11H,3-6H2,1-2H3. The van der Waals surface area contributed by atoms with Crippen molar-refractivity contribution < 1.29 is 5.11 Å². The smallest absolute Gasteiger partial charge is 0.0936 e. The molecule has 0 aromatic carbocycles. The van der Waals surface area contributed by atoms with Crippen LogP contribution in [0.25, 0.3) is 0 Å². The van der Waals surface area contributed by atoms with Crippen molar-refractivity contribution in [1.82, 2.24) is 5.32 Å². The third kappa shape index (κ3) is 1.19. The van der Waals surface area contributed by atoms with Gasteiger partial charge in [0.2, 0.25) is 0 Å². The summed E-state index contributed by atoms with van der Waals surface area (Å²) < 4.78 is 0.275. The number of β-amino-alcohol motifs (C(OH)–C–C–N with tert-alkyl or cyclic N) is 1. The SMILES string of the molecule is CC1(C)SCCC1C1(O)CNC1. The van der Waals surface area contributed by atoms with E-state index in [0.717, 1.165) is 13.1 Å². The summed E-state index contributed by atoms with van der Waals surface area (Å²) in [5.41, 5.74) is -0.396. The third-order valence-electron chi connectivity index (χ3n) is 3.23. The number of thioether (sulfide) groups is 1. The fourth-order valence-electron chi connectivity index (χ4n) is 2.43. The van der Waals surface area contributed by atoms with Crippen LogP contribution in [0.1, 0.15) is 20.3 Å². The zero-order valence-corrected chi connectivity index (χ0v) is 8.58. The molecule has 2 saturated heterocycles. The molecule has 0 amide bonds. The first-order valence-corrected chi connectivity index (χ1v) is 5.60. The summed E-state index contributed by atoms with van der Waals surface area (Å²) in [5.74, 6) is 1.69. The normalized spacial score (nSPS) is 37.8. The van der Waals surface area contributed by atoms with Crippen molar-refractivity contribution in [3.63, 3.8) is 0 Å². The van der Waals surface area contributed by atoms with Crippen LogP contribution in [-0.4, -0.2) is 34.3 Å². The lowest BCUT2D eigenvalue weighted by molar-refractivity contribution is -0.0691. The molecule has 0 saturated carbocycles. The van der Waals surface area contributed by atoms with Crippen molar-refractivity contribution in [2.45, 2.75) is 30.6 Å². The Morgan fingerprint density at radius 1 is 1.42 bits per heavy atom. The molecule has 2 aliphatic heterocycles. The van der Waals surface area contributed by atoms with Crippen LogP contribution in [-0.2, 0) is 0 Å². The molecular weight excluding hydrogens is 170 g/mol. The van der Waals surface area contributed by atoms with E-state index < -0.39 is 5.60 Å². The lowest BCUT2D eigenvalue weighted by Gasteiger charge is -2.47. The molecule has 1 unspecified atom stereocenters. The number of hydrogen-bond donors (Lipinski definition) is 2. The molecule has 0 spiro atoms. The Kier molecular flexibility index (Phi) is 1.94. The van der Waals surface area contributed by atoms with E-state index >= 15 is 0 Å². The minimum atomic E-state index is -0.396. The molecule has 0 aromatic rings. The summed E-state index contributed by atoms with van der Waals surface area (Å²) in [6, 6.07) is 0. The lowest BCUT2D eigenvalue weighted by Crippen LogP contribution is -2.66. The molecule has 0 radical (unpaired) electrons. The van der Waals surface area contributed by atoms with E-state index in [9.17, 15) is 5.11 Å². The molecule has 2 heterocycles. The maximum Gasteiger partial charge on any atom is 0.0936 e. The molecule has 0 aromatic heterocycles. The van der Waals surface area contributed by atoms with Crippen molar-refractivity contribution in [3.8, 4) is 0 Å². The molecule has 2 N–H and O–H groups in total. The van der Waals surface area contributed by atoms with Gasteiger partial charge in [0.15, 0.2) is 0 Å². The molecule has 0 aliphatic carbocycles. The number of aliphatic hydroxyl groups is 1. The maximum absolute atomic E-state index is 10.2. The Balaban J connectivity index is 2.12. The Hall–Kier alpha value is 0.270. The van der Waals surface area contributed by atoms with E-state index in [4.69, 9.17) is 0 Å². The first kappa shape index (κ1) is 8.85. The average molecular weight is 187 g/mol. The van der Waals surface area contributed by atoms with Crippen LogP contribution < -0.4 is 5.32 Å². The molecule has 1 atom stereocenters. The van der Waals surface area contributed by atoms with E-state index in [0.29, 0.717) is 5.92 Å². The molecule has 2 fully saturated rings. The zero-order chi connectivity index (χ0) is 8.82. The summed E-state index contributed by atoms with van der Waals surface area (Å²) >= 11 is 2.00. The van der Waals surface area contributed by atoms with Crippen LogP contribution in [0.15, 0.2) is 0 Å². The number of rotatable bonds is 1. The van der Waals surface area contributed by atoms with Crippen LogP contribution in [0.3, 0.4) is 0 Å². The first-order chi connectivity index (χ1) is 5.55. The van der Waals surface area contributed by atoms with Crippen molar-refractivity contribution >= 4 is 11.8 Å². The Labute approximate surface area is 78.1 Å². The molecular formula is C9H17NOS. The third-order valence-corrected chi connectivity index (χ3v) is 4.70.